The smallest absolute Gasteiger partial charge is 0.335 e. The van der Waals surface area contributed by atoms with E-state index in [1.807, 2.05) is 24.3 Å². The van der Waals surface area contributed by atoms with E-state index in [4.69, 9.17) is 16.7 Å². The molecular weight excluding hydrogens is 308 g/mol. The summed E-state index contributed by atoms with van der Waals surface area (Å²) in [6.45, 7) is 0. The minimum atomic E-state index is -0.970. The van der Waals surface area contributed by atoms with Gasteiger partial charge in [0.2, 0.25) is 0 Å². The second-order valence-electron chi connectivity index (χ2n) is 4.27. The zero-order valence-electron chi connectivity index (χ0n) is 10.7. The molecule has 0 saturated carbocycles. The Morgan fingerprint density at radius 3 is 2.57 bits per heavy atom. The van der Waals surface area contributed by atoms with Crippen molar-refractivity contribution >= 4 is 40.2 Å². The monoisotopic (exact) mass is 316 g/mol. The lowest BCUT2D eigenvalue weighted by Crippen LogP contribution is -1.96. The number of carbonyl (C=O) groups is 1. The van der Waals surface area contributed by atoms with Crippen LogP contribution in [0.2, 0.25) is 5.02 Å². The average molecular weight is 317 g/mol. The first-order valence-electron chi connectivity index (χ1n) is 6.05. The highest BCUT2D eigenvalue weighted by molar-refractivity contribution is 7.99. The van der Waals surface area contributed by atoms with E-state index in [1.54, 1.807) is 18.2 Å². The van der Waals surface area contributed by atoms with Crippen LogP contribution in [0, 0.1) is 0 Å². The number of fused-ring (bicyclic) bond motifs is 1. The molecule has 0 saturated heterocycles. The number of hydrogen-bond donors (Lipinski definition) is 1. The minimum Gasteiger partial charge on any atom is -0.478 e. The Hall–Kier alpha value is -2.11. The fourth-order valence-electron chi connectivity index (χ4n) is 1.86. The van der Waals surface area contributed by atoms with Crippen molar-refractivity contribution in [3.63, 3.8) is 0 Å². The van der Waals surface area contributed by atoms with E-state index in [0.717, 1.165) is 15.3 Å². The molecule has 0 aliphatic carbocycles. The maximum absolute atomic E-state index is 11.0. The van der Waals surface area contributed by atoms with Gasteiger partial charge in [-0.05, 0) is 42.5 Å². The van der Waals surface area contributed by atoms with Gasteiger partial charge in [-0.3, -0.25) is 0 Å². The largest absolute Gasteiger partial charge is 0.478 e. The summed E-state index contributed by atoms with van der Waals surface area (Å²) in [6, 6.07) is 12.3. The lowest BCUT2D eigenvalue weighted by Gasteiger charge is -2.05. The van der Waals surface area contributed by atoms with Crippen LogP contribution < -0.4 is 0 Å². The molecule has 2 aromatic carbocycles. The van der Waals surface area contributed by atoms with Crippen molar-refractivity contribution in [2.24, 2.45) is 0 Å². The van der Waals surface area contributed by atoms with Crippen molar-refractivity contribution < 1.29 is 9.90 Å². The van der Waals surface area contributed by atoms with Crippen LogP contribution in [0.3, 0.4) is 0 Å². The summed E-state index contributed by atoms with van der Waals surface area (Å²) in [4.78, 5) is 20.4. The minimum absolute atomic E-state index is 0.212. The van der Waals surface area contributed by atoms with Gasteiger partial charge in [0.25, 0.3) is 0 Å². The Kier molecular flexibility index (Phi) is 3.77. The molecule has 0 radical (unpaired) electrons. The zero-order chi connectivity index (χ0) is 14.8. The predicted octanol–water partition coefficient (Wildman–Crippen LogP) is 4.13. The molecule has 0 aliphatic rings. The van der Waals surface area contributed by atoms with E-state index in [-0.39, 0.29) is 5.56 Å². The fourth-order valence-corrected chi connectivity index (χ4v) is 2.86. The molecule has 0 fully saturated rings. The molecule has 21 heavy (non-hydrogen) atoms. The number of rotatable bonds is 3. The van der Waals surface area contributed by atoms with Gasteiger partial charge in [-0.2, -0.15) is 0 Å². The summed E-state index contributed by atoms with van der Waals surface area (Å²) < 4.78 is 0. The normalized spacial score (nSPS) is 10.7. The van der Waals surface area contributed by atoms with Crippen LogP contribution in [0.15, 0.2) is 58.7 Å². The van der Waals surface area contributed by atoms with Crippen LogP contribution in [0.25, 0.3) is 10.9 Å². The molecule has 0 unspecified atom stereocenters. The van der Waals surface area contributed by atoms with Crippen LogP contribution in [0.1, 0.15) is 10.4 Å². The average Bonchev–Trinajstić information content (AvgIpc) is 2.49. The van der Waals surface area contributed by atoms with E-state index >= 15 is 0 Å². The molecule has 4 nitrogen and oxygen atoms in total. The standard InChI is InChI=1S/C15H9ClN2O2S/c16-10-2-4-11(5-3-10)21-14-12-6-1-9(15(19)20)7-13(12)17-8-18-14/h1-8H,(H,19,20). The van der Waals surface area contributed by atoms with E-state index in [2.05, 4.69) is 9.97 Å². The van der Waals surface area contributed by atoms with Gasteiger partial charge < -0.3 is 5.11 Å². The Bertz CT molecular complexity index is 822. The van der Waals surface area contributed by atoms with E-state index < -0.39 is 5.97 Å². The summed E-state index contributed by atoms with van der Waals surface area (Å²) >= 11 is 7.35. The van der Waals surface area contributed by atoms with Crippen LogP contribution in [0.4, 0.5) is 0 Å². The maximum atomic E-state index is 11.0. The Morgan fingerprint density at radius 2 is 1.86 bits per heavy atom. The number of benzene rings is 2. The van der Waals surface area contributed by atoms with Gasteiger partial charge in [0, 0.05) is 15.3 Å². The number of aromatic nitrogens is 2. The number of hydrogen-bond acceptors (Lipinski definition) is 4. The molecule has 3 rings (SSSR count). The molecule has 0 bridgehead atoms. The lowest BCUT2D eigenvalue weighted by atomic mass is 10.1. The van der Waals surface area contributed by atoms with Crippen LogP contribution in [-0.4, -0.2) is 21.0 Å². The third-order valence-electron chi connectivity index (χ3n) is 2.88. The number of halogens is 1. The van der Waals surface area contributed by atoms with Crippen LogP contribution >= 0.6 is 23.4 Å². The SMILES string of the molecule is O=C(O)c1ccc2c(Sc3ccc(Cl)cc3)ncnc2c1. The molecule has 0 atom stereocenters. The molecule has 1 N–H and O–H groups in total. The molecule has 1 heterocycles. The number of carboxylic acid groups (broad SMARTS) is 1. The van der Waals surface area contributed by atoms with Gasteiger partial charge in [0.1, 0.15) is 11.4 Å². The Labute approximate surface area is 129 Å². The van der Waals surface area contributed by atoms with Crippen molar-refractivity contribution in [2.75, 3.05) is 0 Å². The first-order chi connectivity index (χ1) is 10.1. The van der Waals surface area contributed by atoms with Gasteiger partial charge in [-0.25, -0.2) is 14.8 Å². The summed E-state index contributed by atoms with van der Waals surface area (Å²) in [5.41, 5.74) is 0.824. The van der Waals surface area contributed by atoms with Gasteiger partial charge in [-0.15, -0.1) is 0 Å². The van der Waals surface area contributed by atoms with Crippen LogP contribution in [0.5, 0.6) is 0 Å². The third kappa shape index (κ3) is 2.99. The van der Waals surface area contributed by atoms with Gasteiger partial charge >= 0.3 is 5.97 Å². The van der Waals surface area contributed by atoms with Crippen molar-refractivity contribution in [1.29, 1.82) is 0 Å². The number of nitrogens with zero attached hydrogens (tertiary/aromatic N) is 2. The molecule has 104 valence electrons. The van der Waals surface area contributed by atoms with Gasteiger partial charge in [0.05, 0.1) is 11.1 Å². The summed E-state index contributed by atoms with van der Waals surface area (Å²) in [7, 11) is 0. The summed E-state index contributed by atoms with van der Waals surface area (Å²) in [5, 5.41) is 11.3. The molecule has 0 amide bonds. The summed E-state index contributed by atoms with van der Waals surface area (Å²) in [6.07, 6.45) is 1.44. The van der Waals surface area contributed by atoms with Crippen molar-refractivity contribution in [3.05, 3.63) is 59.4 Å². The predicted molar refractivity (Wildman–Crippen MR) is 82.1 cm³/mol. The second-order valence-corrected chi connectivity index (χ2v) is 5.77. The topological polar surface area (TPSA) is 63.1 Å². The highest BCUT2D eigenvalue weighted by atomic mass is 35.5. The first-order valence-corrected chi connectivity index (χ1v) is 7.24. The highest BCUT2D eigenvalue weighted by Gasteiger charge is 2.09. The quantitative estimate of drug-likeness (QED) is 0.736. The third-order valence-corrected chi connectivity index (χ3v) is 4.15. The van der Waals surface area contributed by atoms with E-state index in [1.165, 1.54) is 18.1 Å². The maximum Gasteiger partial charge on any atom is 0.335 e. The molecular formula is C15H9ClN2O2S. The molecule has 0 aliphatic heterocycles. The summed E-state index contributed by atoms with van der Waals surface area (Å²) in [5.74, 6) is -0.970. The lowest BCUT2D eigenvalue weighted by molar-refractivity contribution is 0.0697. The fraction of sp³-hybridized carbons (Fsp3) is 0. The molecule has 1 aromatic heterocycles. The zero-order valence-corrected chi connectivity index (χ0v) is 12.2. The van der Waals surface area contributed by atoms with Gasteiger partial charge in [-0.1, -0.05) is 23.4 Å². The number of aromatic carboxylic acids is 1. The number of carboxylic acids is 1. The van der Waals surface area contributed by atoms with Crippen LogP contribution in [-0.2, 0) is 0 Å². The molecule has 0 spiro atoms. The molecule has 3 aromatic rings. The Balaban J connectivity index is 2.02. The van der Waals surface area contributed by atoms with Crippen molar-refractivity contribution in [3.8, 4) is 0 Å². The van der Waals surface area contributed by atoms with Crippen molar-refractivity contribution in [2.45, 2.75) is 9.92 Å². The first kappa shape index (κ1) is 13.9. The highest BCUT2D eigenvalue weighted by Crippen LogP contribution is 2.31. The second kappa shape index (κ2) is 5.71. The van der Waals surface area contributed by atoms with E-state index in [0.29, 0.717) is 10.5 Å². The Morgan fingerprint density at radius 1 is 1.10 bits per heavy atom. The van der Waals surface area contributed by atoms with E-state index in [9.17, 15) is 4.79 Å². The van der Waals surface area contributed by atoms with Gasteiger partial charge in [0.15, 0.2) is 0 Å². The van der Waals surface area contributed by atoms with Crippen molar-refractivity contribution in [1.82, 2.24) is 9.97 Å². The molecule has 6 heteroatoms.